The minimum atomic E-state index is 0.214. The van der Waals surface area contributed by atoms with E-state index < -0.39 is 0 Å². The van der Waals surface area contributed by atoms with Crippen molar-refractivity contribution in [1.82, 2.24) is 15.2 Å². The number of pyridine rings is 1. The van der Waals surface area contributed by atoms with E-state index in [2.05, 4.69) is 25.7 Å². The predicted molar refractivity (Wildman–Crippen MR) is 63.3 cm³/mol. The third-order valence-corrected chi connectivity index (χ3v) is 2.00. The average molecular weight is 226 g/mol. The maximum Gasteiger partial charge on any atom is 0.186 e. The van der Waals surface area contributed by atoms with Crippen molar-refractivity contribution < 1.29 is 0 Å². The van der Waals surface area contributed by atoms with Crippen molar-refractivity contribution in [3.8, 4) is 6.07 Å². The molecule has 2 aromatic heterocycles. The predicted octanol–water partition coefficient (Wildman–Crippen LogP) is 1.45. The molecule has 0 aliphatic carbocycles. The first-order valence-corrected chi connectivity index (χ1v) is 4.97. The fourth-order valence-electron chi connectivity index (χ4n) is 1.23. The number of aromatic amines is 1. The number of hydrogen-bond donors (Lipinski definition) is 2. The summed E-state index contributed by atoms with van der Waals surface area (Å²) in [6.45, 7) is 1.88. The van der Waals surface area contributed by atoms with Gasteiger partial charge in [-0.15, -0.1) is 0 Å². The van der Waals surface area contributed by atoms with Crippen LogP contribution in [0.25, 0.3) is 0 Å². The van der Waals surface area contributed by atoms with Crippen molar-refractivity contribution in [2.45, 2.75) is 6.92 Å². The Morgan fingerprint density at radius 2 is 2.41 bits per heavy atom. The van der Waals surface area contributed by atoms with E-state index in [1.54, 1.807) is 30.5 Å². The number of H-pyrrole nitrogens is 1. The number of aromatic nitrogens is 3. The van der Waals surface area contributed by atoms with Gasteiger partial charge in [-0.2, -0.15) is 15.5 Å². The lowest BCUT2D eigenvalue weighted by Gasteiger charge is -1.97. The van der Waals surface area contributed by atoms with Crippen LogP contribution in [0.3, 0.4) is 0 Å². The molecule has 0 fully saturated rings. The van der Waals surface area contributed by atoms with Crippen LogP contribution < -0.4 is 5.43 Å². The monoisotopic (exact) mass is 226 g/mol. The smallest absolute Gasteiger partial charge is 0.186 e. The zero-order valence-electron chi connectivity index (χ0n) is 9.18. The van der Waals surface area contributed by atoms with E-state index in [1.165, 1.54) is 0 Å². The van der Waals surface area contributed by atoms with Crippen molar-refractivity contribution in [1.29, 1.82) is 5.26 Å². The van der Waals surface area contributed by atoms with Gasteiger partial charge < -0.3 is 0 Å². The van der Waals surface area contributed by atoms with Crippen LogP contribution in [0, 0.1) is 18.3 Å². The number of rotatable bonds is 3. The highest BCUT2D eigenvalue weighted by Crippen LogP contribution is 2.04. The number of hydrazone groups is 1. The van der Waals surface area contributed by atoms with Crippen LogP contribution in [0.15, 0.2) is 35.6 Å². The lowest BCUT2D eigenvalue weighted by molar-refractivity contribution is 1.04. The van der Waals surface area contributed by atoms with Gasteiger partial charge in [-0.05, 0) is 19.1 Å². The maximum absolute atomic E-state index is 8.97. The molecular weight excluding hydrogens is 216 g/mol. The van der Waals surface area contributed by atoms with Gasteiger partial charge in [-0.1, -0.05) is 6.07 Å². The molecule has 0 aliphatic heterocycles. The van der Waals surface area contributed by atoms with E-state index in [-0.39, 0.29) is 5.71 Å². The van der Waals surface area contributed by atoms with Crippen LogP contribution in [0.5, 0.6) is 0 Å². The molecule has 0 unspecified atom stereocenters. The molecule has 0 saturated heterocycles. The minimum Gasteiger partial charge on any atom is -0.281 e. The Morgan fingerprint density at radius 1 is 1.53 bits per heavy atom. The summed E-state index contributed by atoms with van der Waals surface area (Å²) in [7, 11) is 0. The molecule has 2 aromatic rings. The molecule has 2 heterocycles. The van der Waals surface area contributed by atoms with Crippen LogP contribution in [0.4, 0.5) is 5.82 Å². The molecule has 0 saturated carbocycles. The van der Waals surface area contributed by atoms with Crippen LogP contribution in [0.2, 0.25) is 0 Å². The normalized spacial score (nSPS) is 10.9. The second-order valence-corrected chi connectivity index (χ2v) is 3.34. The van der Waals surface area contributed by atoms with Crippen molar-refractivity contribution >= 4 is 11.5 Å². The molecule has 2 N–H and O–H groups in total. The summed E-state index contributed by atoms with van der Waals surface area (Å²) >= 11 is 0. The molecule has 0 aromatic carbocycles. The second kappa shape index (κ2) is 4.90. The van der Waals surface area contributed by atoms with Gasteiger partial charge in [0.25, 0.3) is 0 Å². The summed E-state index contributed by atoms with van der Waals surface area (Å²) in [4.78, 5) is 4.05. The summed E-state index contributed by atoms with van der Waals surface area (Å²) in [5.41, 5.74) is 4.35. The maximum atomic E-state index is 8.97. The zero-order valence-corrected chi connectivity index (χ0v) is 9.18. The van der Waals surface area contributed by atoms with Crippen LogP contribution in [-0.4, -0.2) is 20.9 Å². The van der Waals surface area contributed by atoms with E-state index in [1.807, 2.05) is 13.0 Å². The van der Waals surface area contributed by atoms with Gasteiger partial charge in [0, 0.05) is 18.0 Å². The van der Waals surface area contributed by atoms with Crippen molar-refractivity contribution in [3.05, 3.63) is 41.9 Å². The molecular formula is C11H10N6. The summed E-state index contributed by atoms with van der Waals surface area (Å²) < 4.78 is 0. The fraction of sp³-hybridized carbons (Fsp3) is 0.0909. The molecule has 0 bridgehead atoms. The summed E-state index contributed by atoms with van der Waals surface area (Å²) in [6.07, 6.45) is 1.61. The lowest BCUT2D eigenvalue weighted by Crippen LogP contribution is -2.03. The summed E-state index contributed by atoms with van der Waals surface area (Å²) in [5, 5.41) is 19.6. The number of hydrogen-bond acceptors (Lipinski definition) is 5. The van der Waals surface area contributed by atoms with E-state index in [9.17, 15) is 0 Å². The molecule has 6 heteroatoms. The molecule has 0 spiro atoms. The van der Waals surface area contributed by atoms with Crippen molar-refractivity contribution in [2.75, 3.05) is 5.43 Å². The molecule has 17 heavy (non-hydrogen) atoms. The minimum absolute atomic E-state index is 0.214. The second-order valence-electron chi connectivity index (χ2n) is 3.34. The Balaban J connectivity index is 2.17. The molecule has 0 aliphatic rings. The quantitative estimate of drug-likeness (QED) is 0.612. The number of nitriles is 1. The lowest BCUT2D eigenvalue weighted by atomic mass is 10.2. The van der Waals surface area contributed by atoms with Crippen molar-refractivity contribution in [2.24, 2.45) is 5.10 Å². The number of nitrogens with one attached hydrogen (secondary N) is 2. The van der Waals surface area contributed by atoms with Crippen LogP contribution in [0.1, 0.15) is 11.4 Å². The van der Waals surface area contributed by atoms with Gasteiger partial charge in [0.05, 0.1) is 0 Å². The van der Waals surface area contributed by atoms with Gasteiger partial charge in [0.1, 0.15) is 11.8 Å². The number of nitrogens with zero attached hydrogens (tertiary/aromatic N) is 4. The molecule has 84 valence electrons. The van der Waals surface area contributed by atoms with Gasteiger partial charge >= 0.3 is 0 Å². The van der Waals surface area contributed by atoms with E-state index >= 15 is 0 Å². The SMILES string of the molecule is Cc1cc(N/N=C(\C#N)c2ccccn2)n[nH]1. The van der Waals surface area contributed by atoms with E-state index in [0.29, 0.717) is 11.5 Å². The third kappa shape index (κ3) is 2.66. The van der Waals surface area contributed by atoms with Gasteiger partial charge in [-0.25, -0.2) is 0 Å². The first kappa shape index (κ1) is 10.8. The standard InChI is InChI=1S/C11H10N6/c1-8-6-11(16-14-8)17-15-10(7-12)9-4-2-3-5-13-9/h2-6H,1H3,(H2,14,16,17)/b15-10+. The first-order chi connectivity index (χ1) is 8.29. The molecule has 6 nitrogen and oxygen atoms in total. The van der Waals surface area contributed by atoms with Crippen LogP contribution in [-0.2, 0) is 0 Å². The Bertz CT molecular complexity index is 563. The van der Waals surface area contributed by atoms with Crippen LogP contribution >= 0.6 is 0 Å². The van der Waals surface area contributed by atoms with Gasteiger partial charge in [-0.3, -0.25) is 15.5 Å². The Kier molecular flexibility index (Phi) is 3.12. The molecule has 0 amide bonds. The Hall–Kier alpha value is -2.68. The molecule has 0 atom stereocenters. The first-order valence-electron chi connectivity index (χ1n) is 4.97. The summed E-state index contributed by atoms with van der Waals surface area (Å²) in [5.74, 6) is 0.561. The highest BCUT2D eigenvalue weighted by atomic mass is 15.4. The number of anilines is 1. The fourth-order valence-corrected chi connectivity index (χ4v) is 1.23. The Morgan fingerprint density at radius 3 is 3.00 bits per heavy atom. The van der Waals surface area contributed by atoms with Gasteiger partial charge in [0.2, 0.25) is 0 Å². The third-order valence-electron chi connectivity index (χ3n) is 2.00. The largest absolute Gasteiger partial charge is 0.281 e. The highest BCUT2D eigenvalue weighted by molar-refractivity contribution is 6.10. The van der Waals surface area contributed by atoms with E-state index in [4.69, 9.17) is 5.26 Å². The van der Waals surface area contributed by atoms with Gasteiger partial charge in [0.15, 0.2) is 11.5 Å². The topological polar surface area (TPSA) is 89.8 Å². The van der Waals surface area contributed by atoms with E-state index in [0.717, 1.165) is 5.69 Å². The highest BCUT2D eigenvalue weighted by Gasteiger charge is 2.03. The van der Waals surface area contributed by atoms with Crippen molar-refractivity contribution in [3.63, 3.8) is 0 Å². The number of aryl methyl sites for hydroxylation is 1. The Labute approximate surface area is 98.0 Å². The molecule has 0 radical (unpaired) electrons. The zero-order chi connectivity index (χ0) is 12.1. The molecule has 2 rings (SSSR count). The summed E-state index contributed by atoms with van der Waals surface area (Å²) in [6, 6.07) is 9.07. The average Bonchev–Trinajstić information content (AvgIpc) is 2.77.